The lowest BCUT2D eigenvalue weighted by Crippen LogP contribution is -2.19. The molecule has 0 saturated heterocycles. The van der Waals surface area contributed by atoms with Crippen LogP contribution in [0.2, 0.25) is 0 Å². The van der Waals surface area contributed by atoms with Gasteiger partial charge >= 0.3 is 6.09 Å². The smallest absolute Gasteiger partial charge is 0.417 e. The van der Waals surface area contributed by atoms with Crippen LogP contribution in [0, 0.1) is 17.5 Å². The Balaban J connectivity index is 1.89. The van der Waals surface area contributed by atoms with E-state index in [4.69, 9.17) is 13.9 Å². The van der Waals surface area contributed by atoms with Crippen LogP contribution in [0.1, 0.15) is 12.7 Å². The summed E-state index contributed by atoms with van der Waals surface area (Å²) >= 11 is 0. The third kappa shape index (κ3) is 3.28. The fraction of sp³-hybridized carbons (Fsp3) is 0.176. The molecule has 0 atom stereocenters. The van der Waals surface area contributed by atoms with Crippen molar-refractivity contribution in [3.8, 4) is 11.6 Å². The number of amides is 1. The summed E-state index contributed by atoms with van der Waals surface area (Å²) in [5, 5.41) is 2.31. The zero-order valence-corrected chi connectivity index (χ0v) is 13.7. The van der Waals surface area contributed by atoms with Gasteiger partial charge in [-0.05, 0) is 6.07 Å². The number of halogens is 3. The average Bonchev–Trinajstić information content (AvgIpc) is 3.03. The summed E-state index contributed by atoms with van der Waals surface area (Å²) in [6, 6.07) is 2.52. The molecule has 6 nitrogen and oxygen atoms in total. The van der Waals surface area contributed by atoms with Crippen LogP contribution in [-0.4, -0.2) is 18.2 Å². The average molecular weight is 366 g/mol. The molecule has 1 aromatic carbocycles. The van der Waals surface area contributed by atoms with E-state index in [2.05, 4.69) is 4.98 Å². The van der Waals surface area contributed by atoms with E-state index in [1.54, 1.807) is 6.07 Å². The van der Waals surface area contributed by atoms with Crippen molar-refractivity contribution in [3.63, 3.8) is 0 Å². The summed E-state index contributed by atoms with van der Waals surface area (Å²) in [5.74, 6) is -2.84. The van der Waals surface area contributed by atoms with Crippen molar-refractivity contribution >= 4 is 22.7 Å². The number of aromatic nitrogens is 1. The van der Waals surface area contributed by atoms with Gasteiger partial charge in [0.1, 0.15) is 17.3 Å². The second-order valence-corrected chi connectivity index (χ2v) is 5.20. The van der Waals surface area contributed by atoms with Crippen molar-refractivity contribution in [1.82, 2.24) is 4.98 Å². The second-order valence-electron chi connectivity index (χ2n) is 5.20. The van der Waals surface area contributed by atoms with E-state index in [0.717, 1.165) is 0 Å². The van der Waals surface area contributed by atoms with Crippen LogP contribution in [0.15, 0.2) is 28.8 Å². The molecule has 26 heavy (non-hydrogen) atoms. The molecule has 0 bridgehead atoms. The predicted molar refractivity (Wildman–Crippen MR) is 85.9 cm³/mol. The Morgan fingerprint density at radius 3 is 2.54 bits per heavy atom. The molecule has 136 valence electrons. The van der Waals surface area contributed by atoms with Crippen LogP contribution in [-0.2, 0) is 6.42 Å². The van der Waals surface area contributed by atoms with Crippen molar-refractivity contribution in [2.24, 2.45) is 0 Å². The second kappa shape index (κ2) is 6.95. The van der Waals surface area contributed by atoms with Crippen LogP contribution in [0.3, 0.4) is 0 Å². The van der Waals surface area contributed by atoms with E-state index >= 15 is 0 Å². The summed E-state index contributed by atoms with van der Waals surface area (Å²) in [5.41, 5.74) is -0.552. The number of rotatable bonds is 4. The lowest BCUT2D eigenvalue weighted by Gasteiger charge is -2.09. The highest BCUT2D eigenvalue weighted by Gasteiger charge is 2.19. The Labute approximate surface area is 145 Å². The van der Waals surface area contributed by atoms with Crippen LogP contribution >= 0.6 is 0 Å². The number of anilines is 1. The van der Waals surface area contributed by atoms with Crippen molar-refractivity contribution < 1.29 is 31.9 Å². The highest BCUT2D eigenvalue weighted by atomic mass is 19.1. The SMILES string of the molecule is CCc1cc2c(OC(=O)Nc3c(F)cc(F)cc3F)cnc(OC)c2o1. The van der Waals surface area contributed by atoms with E-state index in [1.807, 2.05) is 12.2 Å². The lowest BCUT2D eigenvalue weighted by molar-refractivity contribution is 0.215. The van der Waals surface area contributed by atoms with Crippen molar-refractivity contribution in [2.75, 3.05) is 12.4 Å². The molecule has 2 heterocycles. The molecular formula is C17H13F3N2O4. The van der Waals surface area contributed by atoms with E-state index < -0.39 is 29.2 Å². The summed E-state index contributed by atoms with van der Waals surface area (Å²) in [6.07, 6.45) is 0.615. The van der Waals surface area contributed by atoms with Gasteiger partial charge in [0.2, 0.25) is 0 Å². The van der Waals surface area contributed by atoms with Gasteiger partial charge in [0.15, 0.2) is 23.0 Å². The molecule has 1 N–H and O–H groups in total. The molecule has 1 amide bonds. The van der Waals surface area contributed by atoms with Crippen molar-refractivity contribution in [2.45, 2.75) is 13.3 Å². The molecule has 2 aromatic heterocycles. The zero-order valence-electron chi connectivity index (χ0n) is 13.7. The predicted octanol–water partition coefficient (Wildman–Crippen LogP) is 4.43. The Bertz CT molecular complexity index is 965. The van der Waals surface area contributed by atoms with E-state index in [0.29, 0.717) is 29.7 Å². The van der Waals surface area contributed by atoms with E-state index in [1.165, 1.54) is 13.3 Å². The number of nitrogens with zero attached hydrogens (tertiary/aromatic N) is 1. The van der Waals surface area contributed by atoms with Gasteiger partial charge in [-0.1, -0.05) is 6.92 Å². The van der Waals surface area contributed by atoms with Gasteiger partial charge in [0.05, 0.1) is 18.7 Å². The van der Waals surface area contributed by atoms with Crippen molar-refractivity contribution in [3.05, 3.63) is 47.6 Å². The maximum absolute atomic E-state index is 13.6. The number of nitrogens with one attached hydrogen (secondary N) is 1. The fourth-order valence-corrected chi connectivity index (χ4v) is 2.32. The molecule has 9 heteroatoms. The zero-order chi connectivity index (χ0) is 18.8. The lowest BCUT2D eigenvalue weighted by atomic mass is 10.2. The summed E-state index contributed by atoms with van der Waals surface area (Å²) in [4.78, 5) is 16.0. The van der Waals surface area contributed by atoms with Crippen LogP contribution in [0.4, 0.5) is 23.7 Å². The Morgan fingerprint density at radius 1 is 1.23 bits per heavy atom. The largest absolute Gasteiger partial charge is 0.478 e. The van der Waals surface area contributed by atoms with Gasteiger partial charge in [-0.3, -0.25) is 5.32 Å². The number of methoxy groups -OCH3 is 1. The number of hydrogen-bond donors (Lipinski definition) is 1. The topological polar surface area (TPSA) is 73.6 Å². The third-order valence-electron chi connectivity index (χ3n) is 3.52. The normalized spacial score (nSPS) is 10.8. The van der Waals surface area contributed by atoms with Gasteiger partial charge in [-0.2, -0.15) is 0 Å². The molecule has 3 rings (SSSR count). The Morgan fingerprint density at radius 2 is 1.92 bits per heavy atom. The van der Waals surface area contributed by atoms with Gasteiger partial charge < -0.3 is 13.9 Å². The molecule has 0 aliphatic carbocycles. The molecule has 0 aliphatic rings. The molecule has 3 aromatic rings. The Kier molecular flexibility index (Phi) is 4.70. The van der Waals surface area contributed by atoms with Crippen LogP contribution in [0.5, 0.6) is 11.6 Å². The summed E-state index contributed by atoms with van der Waals surface area (Å²) in [7, 11) is 1.41. The number of pyridine rings is 1. The number of fused-ring (bicyclic) bond motifs is 1. The monoisotopic (exact) mass is 366 g/mol. The molecule has 0 radical (unpaired) electrons. The van der Waals surface area contributed by atoms with Gasteiger partial charge in [-0.15, -0.1) is 0 Å². The van der Waals surface area contributed by atoms with E-state index in [9.17, 15) is 18.0 Å². The number of ether oxygens (including phenoxy) is 2. The number of carbonyl (C=O) groups excluding carboxylic acids is 1. The first-order valence-electron chi connectivity index (χ1n) is 7.51. The number of hydrogen-bond acceptors (Lipinski definition) is 5. The highest BCUT2D eigenvalue weighted by molar-refractivity contribution is 5.93. The third-order valence-corrected chi connectivity index (χ3v) is 3.52. The standard InChI is InChI=1S/C17H13F3N2O4/c1-3-9-6-10-13(7-21-16(24-2)15(10)25-9)26-17(23)22-14-11(19)4-8(18)5-12(14)20/h4-7H,3H2,1-2H3,(H,22,23). The molecule has 0 fully saturated rings. The molecule has 0 spiro atoms. The Hall–Kier alpha value is -3.23. The first-order chi connectivity index (χ1) is 12.4. The fourth-order valence-electron chi connectivity index (χ4n) is 2.32. The first-order valence-corrected chi connectivity index (χ1v) is 7.51. The highest BCUT2D eigenvalue weighted by Crippen LogP contribution is 2.34. The number of benzene rings is 1. The number of aryl methyl sites for hydroxylation is 1. The van der Waals surface area contributed by atoms with Gasteiger partial charge in [-0.25, -0.2) is 22.9 Å². The number of furan rings is 1. The van der Waals surface area contributed by atoms with E-state index in [-0.39, 0.29) is 17.2 Å². The van der Waals surface area contributed by atoms with Crippen LogP contribution in [0.25, 0.3) is 11.0 Å². The quantitative estimate of drug-likeness (QED) is 0.740. The summed E-state index contributed by atoms with van der Waals surface area (Å²) < 4.78 is 55.9. The molecular weight excluding hydrogens is 353 g/mol. The first kappa shape index (κ1) is 17.6. The maximum atomic E-state index is 13.6. The molecule has 0 aliphatic heterocycles. The van der Waals surface area contributed by atoms with Gasteiger partial charge in [0.25, 0.3) is 5.88 Å². The summed E-state index contributed by atoms with van der Waals surface area (Å²) in [6.45, 7) is 1.87. The minimum atomic E-state index is -1.27. The minimum Gasteiger partial charge on any atom is -0.478 e. The van der Waals surface area contributed by atoms with Gasteiger partial charge in [0, 0.05) is 18.6 Å². The van der Waals surface area contributed by atoms with Crippen LogP contribution < -0.4 is 14.8 Å². The molecule has 0 saturated carbocycles. The maximum Gasteiger partial charge on any atom is 0.417 e. The minimum absolute atomic E-state index is 0.00433. The number of carbonyl (C=O) groups is 1. The van der Waals surface area contributed by atoms with Crippen molar-refractivity contribution in [1.29, 1.82) is 0 Å². The molecule has 0 unspecified atom stereocenters.